The van der Waals surface area contributed by atoms with Crippen molar-refractivity contribution in [3.63, 3.8) is 0 Å². The van der Waals surface area contributed by atoms with Gasteiger partial charge in [0.2, 0.25) is 0 Å². The van der Waals surface area contributed by atoms with Crippen molar-refractivity contribution in [2.45, 2.75) is 13.3 Å². The van der Waals surface area contributed by atoms with Crippen LogP contribution in [0.3, 0.4) is 0 Å². The van der Waals surface area contributed by atoms with Gasteiger partial charge in [-0.1, -0.05) is 103 Å². The quantitative estimate of drug-likeness (QED) is 0.125. The number of allylic oxidation sites excluding steroid dienone is 2. The first-order valence-electron chi connectivity index (χ1n) is 18.4. The number of Topliss-reactive ketones (excluding diaryl/α,β-unsaturated/α-hetero) is 1. The maximum Gasteiger partial charge on any atom is 0.160 e. The van der Waals surface area contributed by atoms with E-state index in [-0.39, 0.29) is 5.78 Å². The fraction of sp³-hybridized carbons (Fsp3) is 0.204. The highest BCUT2D eigenvalue weighted by atomic mass is 16.1. The van der Waals surface area contributed by atoms with Crippen LogP contribution in [0.15, 0.2) is 152 Å². The van der Waals surface area contributed by atoms with E-state index >= 15 is 0 Å². The van der Waals surface area contributed by atoms with E-state index in [1.807, 2.05) is 42.5 Å². The molecular formula is C49H54N4O. The van der Waals surface area contributed by atoms with Crippen LogP contribution in [-0.4, -0.2) is 62.2 Å². The minimum absolute atomic E-state index is 0.122. The number of anilines is 4. The topological polar surface area (TPSA) is 30.0 Å². The highest BCUT2D eigenvalue weighted by Crippen LogP contribution is 2.31. The Morgan fingerprint density at radius 1 is 0.426 bits per heavy atom. The average molecular weight is 715 g/mol. The minimum atomic E-state index is 0.122. The first-order valence-corrected chi connectivity index (χ1v) is 18.4. The van der Waals surface area contributed by atoms with Gasteiger partial charge in [0.1, 0.15) is 0 Å². The first-order chi connectivity index (χ1) is 25.9. The predicted octanol–water partition coefficient (Wildman–Crippen LogP) is 10.9. The molecule has 0 bridgehead atoms. The Morgan fingerprint density at radius 3 is 1.06 bits per heavy atom. The van der Waals surface area contributed by atoms with Crippen molar-refractivity contribution in [2.24, 2.45) is 0 Å². The summed E-state index contributed by atoms with van der Waals surface area (Å²) < 4.78 is 0. The van der Waals surface area contributed by atoms with Crippen molar-refractivity contribution >= 4 is 50.5 Å². The summed E-state index contributed by atoms with van der Waals surface area (Å²) >= 11 is 0. The van der Waals surface area contributed by atoms with Gasteiger partial charge >= 0.3 is 0 Å². The molecule has 0 aliphatic carbocycles. The van der Waals surface area contributed by atoms with Crippen molar-refractivity contribution in [3.8, 4) is 0 Å². The number of hydrogen-bond donors (Lipinski definition) is 0. The monoisotopic (exact) mass is 714 g/mol. The lowest BCUT2D eigenvalue weighted by Crippen LogP contribution is -2.08. The zero-order valence-electron chi connectivity index (χ0n) is 33.3. The van der Waals surface area contributed by atoms with Gasteiger partial charge in [-0.25, -0.2) is 0 Å². The summed E-state index contributed by atoms with van der Waals surface area (Å²) in [6.07, 6.45) is 5.52. The SMILES string of the molecule is CC(=O)c1cccc2ccccc12.CN(C)c1ccc(C(=CCC=C(c2ccc(N(C)C)cc2)c2ccc(N(C)C)cc2)c2ccc(N(C)C)cc2)cc1. The third-order valence-corrected chi connectivity index (χ3v) is 9.59. The second kappa shape index (κ2) is 18.1. The Bertz CT molecular complexity index is 1960. The van der Waals surface area contributed by atoms with Crippen molar-refractivity contribution < 1.29 is 4.79 Å². The van der Waals surface area contributed by atoms with Gasteiger partial charge in [0.15, 0.2) is 5.78 Å². The van der Waals surface area contributed by atoms with Gasteiger partial charge in [-0.15, -0.1) is 0 Å². The van der Waals surface area contributed by atoms with E-state index in [1.54, 1.807) is 6.92 Å². The number of carbonyl (C=O) groups excluding carboxylic acids is 1. The molecule has 0 aliphatic rings. The maximum absolute atomic E-state index is 11.3. The zero-order valence-corrected chi connectivity index (χ0v) is 33.3. The van der Waals surface area contributed by atoms with Gasteiger partial charge < -0.3 is 19.6 Å². The van der Waals surface area contributed by atoms with Crippen molar-refractivity contribution in [2.75, 3.05) is 76.0 Å². The third kappa shape index (κ3) is 9.87. The van der Waals surface area contributed by atoms with Crippen molar-refractivity contribution in [1.82, 2.24) is 0 Å². The summed E-state index contributed by atoms with van der Waals surface area (Å²) in [5.74, 6) is 0.122. The summed E-state index contributed by atoms with van der Waals surface area (Å²) in [6.45, 7) is 1.60. The van der Waals surface area contributed by atoms with Crippen molar-refractivity contribution in [3.05, 3.63) is 179 Å². The Balaban J connectivity index is 0.000000360. The minimum Gasteiger partial charge on any atom is -0.378 e. The number of ketones is 1. The van der Waals surface area contributed by atoms with Crippen LogP contribution in [0.25, 0.3) is 21.9 Å². The van der Waals surface area contributed by atoms with E-state index in [1.165, 1.54) is 56.1 Å². The van der Waals surface area contributed by atoms with E-state index in [0.29, 0.717) is 0 Å². The molecule has 0 spiro atoms. The lowest BCUT2D eigenvalue weighted by atomic mass is 9.94. The van der Waals surface area contributed by atoms with Gasteiger partial charge in [-0.2, -0.15) is 0 Å². The molecular weight excluding hydrogens is 661 g/mol. The number of benzene rings is 6. The molecule has 0 N–H and O–H groups in total. The summed E-state index contributed by atoms with van der Waals surface area (Å²) in [7, 11) is 16.6. The number of fused-ring (bicyclic) bond motifs is 1. The molecule has 0 saturated carbocycles. The molecule has 6 rings (SSSR count). The molecule has 5 heteroatoms. The Labute approximate surface area is 323 Å². The van der Waals surface area contributed by atoms with Crippen LogP contribution < -0.4 is 19.6 Å². The van der Waals surface area contributed by atoms with Crippen LogP contribution in [-0.2, 0) is 0 Å². The maximum atomic E-state index is 11.3. The van der Waals surface area contributed by atoms with Gasteiger partial charge in [0.25, 0.3) is 0 Å². The predicted molar refractivity (Wildman–Crippen MR) is 236 cm³/mol. The fourth-order valence-electron chi connectivity index (χ4n) is 6.39. The number of nitrogens with zero attached hydrogens (tertiary/aromatic N) is 4. The highest BCUT2D eigenvalue weighted by molar-refractivity contribution is 6.06. The molecule has 276 valence electrons. The third-order valence-electron chi connectivity index (χ3n) is 9.59. The molecule has 5 nitrogen and oxygen atoms in total. The Morgan fingerprint density at radius 2 is 0.741 bits per heavy atom. The number of hydrogen-bond acceptors (Lipinski definition) is 5. The van der Waals surface area contributed by atoms with Gasteiger partial charge in [0, 0.05) is 84.7 Å². The average Bonchev–Trinajstić information content (AvgIpc) is 3.18. The van der Waals surface area contributed by atoms with Crippen LogP contribution in [0.5, 0.6) is 0 Å². The molecule has 6 aromatic rings. The Kier molecular flexibility index (Phi) is 13.1. The molecule has 6 aromatic carbocycles. The standard InChI is InChI=1S/C37H44N4.C12H10O/c1-38(2)32-20-12-28(13-21-32)36(29-14-22-33(23-15-29)39(3)4)10-9-11-37(30-16-24-34(25-17-30)40(5)6)31-18-26-35(27-19-31)41(7)8;1-9(13)11-8-4-6-10-5-2-3-7-12(10)11/h10-27H,9H2,1-8H3;2-8H,1H3. The molecule has 0 heterocycles. The van der Waals surface area contributed by atoms with Crippen LogP contribution in [0.1, 0.15) is 46.0 Å². The van der Waals surface area contributed by atoms with E-state index in [4.69, 9.17) is 0 Å². The van der Waals surface area contributed by atoms with Crippen LogP contribution in [0.2, 0.25) is 0 Å². The fourth-order valence-corrected chi connectivity index (χ4v) is 6.39. The van der Waals surface area contributed by atoms with E-state index in [9.17, 15) is 4.79 Å². The molecule has 0 saturated heterocycles. The molecule has 54 heavy (non-hydrogen) atoms. The molecule has 0 atom stereocenters. The van der Waals surface area contributed by atoms with E-state index < -0.39 is 0 Å². The van der Waals surface area contributed by atoms with Crippen molar-refractivity contribution in [1.29, 1.82) is 0 Å². The highest BCUT2D eigenvalue weighted by Gasteiger charge is 2.10. The lowest BCUT2D eigenvalue weighted by molar-refractivity contribution is 0.101. The Hall–Kier alpha value is -6.07. The lowest BCUT2D eigenvalue weighted by Gasteiger charge is -2.17. The number of carbonyl (C=O) groups is 1. The van der Waals surface area contributed by atoms with E-state index in [0.717, 1.165) is 22.8 Å². The number of rotatable bonds is 11. The largest absolute Gasteiger partial charge is 0.378 e. The summed E-state index contributed by atoms with van der Waals surface area (Å²) in [5.41, 5.74) is 12.9. The summed E-state index contributed by atoms with van der Waals surface area (Å²) in [6, 6.07) is 49.1. The molecule has 0 aliphatic heterocycles. The second-order valence-corrected chi connectivity index (χ2v) is 14.3. The summed E-state index contributed by atoms with van der Waals surface area (Å²) in [5, 5.41) is 2.16. The second-order valence-electron chi connectivity index (χ2n) is 14.3. The molecule has 0 aromatic heterocycles. The normalized spacial score (nSPS) is 10.5. The molecule has 0 amide bonds. The van der Waals surface area contributed by atoms with Gasteiger partial charge in [0.05, 0.1) is 0 Å². The molecule has 0 radical (unpaired) electrons. The molecule has 0 unspecified atom stereocenters. The van der Waals surface area contributed by atoms with Crippen LogP contribution in [0.4, 0.5) is 22.7 Å². The summed E-state index contributed by atoms with van der Waals surface area (Å²) in [4.78, 5) is 19.8. The van der Waals surface area contributed by atoms with Crippen LogP contribution >= 0.6 is 0 Å². The smallest absolute Gasteiger partial charge is 0.160 e. The van der Waals surface area contributed by atoms with Gasteiger partial charge in [-0.3, -0.25) is 4.79 Å². The zero-order chi connectivity index (χ0) is 38.8. The van der Waals surface area contributed by atoms with Crippen LogP contribution in [0, 0.1) is 0 Å². The first kappa shape index (κ1) is 39.1. The van der Waals surface area contributed by atoms with E-state index in [2.05, 4.69) is 185 Å². The molecule has 0 fully saturated rings. The van der Waals surface area contributed by atoms with Gasteiger partial charge in [-0.05, 0) is 106 Å².